The molecule has 3 aliphatic heterocycles. The smallest absolute Gasteiger partial charge is 0.208 e. The van der Waals surface area contributed by atoms with Gasteiger partial charge in [-0.05, 0) is 12.8 Å². The lowest BCUT2D eigenvalue weighted by Gasteiger charge is -2.30. The molecule has 106 valence electrons. The predicted octanol–water partition coefficient (Wildman–Crippen LogP) is 0.618. The van der Waals surface area contributed by atoms with Crippen molar-refractivity contribution in [2.24, 2.45) is 7.05 Å². The van der Waals surface area contributed by atoms with Crippen molar-refractivity contribution in [1.82, 2.24) is 30.1 Å². The van der Waals surface area contributed by atoms with Gasteiger partial charge in [0.25, 0.3) is 0 Å². The largest absolute Gasteiger partial charge is 0.342 e. The standard InChI is InChI=1S/C12H17N7S/c1-17-10(8-13-16-17)11-14-15-12(20-11)19-7-6-18-4-2-9(19)3-5-18/h8-9H,2-7H2,1H3. The first kappa shape index (κ1) is 12.2. The van der Waals surface area contributed by atoms with E-state index in [1.807, 2.05) is 7.05 Å². The maximum absolute atomic E-state index is 4.40. The Morgan fingerprint density at radius 1 is 1.15 bits per heavy atom. The van der Waals surface area contributed by atoms with Crippen molar-refractivity contribution in [2.75, 3.05) is 31.1 Å². The summed E-state index contributed by atoms with van der Waals surface area (Å²) >= 11 is 1.64. The minimum atomic E-state index is 0.624. The van der Waals surface area contributed by atoms with Crippen LogP contribution in [0.15, 0.2) is 6.20 Å². The van der Waals surface area contributed by atoms with Gasteiger partial charge in [-0.25, -0.2) is 4.68 Å². The summed E-state index contributed by atoms with van der Waals surface area (Å²) in [4.78, 5) is 4.99. The molecule has 0 atom stereocenters. The van der Waals surface area contributed by atoms with Gasteiger partial charge in [0.05, 0.1) is 6.20 Å². The van der Waals surface area contributed by atoms with Crippen LogP contribution in [0.4, 0.5) is 5.13 Å². The van der Waals surface area contributed by atoms with Crippen molar-refractivity contribution in [2.45, 2.75) is 18.9 Å². The number of hydrogen-bond donors (Lipinski definition) is 0. The van der Waals surface area contributed by atoms with E-state index in [4.69, 9.17) is 0 Å². The molecular formula is C12H17N7S. The zero-order valence-corrected chi connectivity index (χ0v) is 12.3. The van der Waals surface area contributed by atoms with Crippen LogP contribution in [0.2, 0.25) is 0 Å². The number of nitrogens with zero attached hydrogens (tertiary/aromatic N) is 7. The first-order chi connectivity index (χ1) is 9.81. The van der Waals surface area contributed by atoms with E-state index in [0.717, 1.165) is 28.9 Å². The molecule has 0 aromatic carbocycles. The molecule has 2 aromatic rings. The zero-order valence-electron chi connectivity index (χ0n) is 11.4. The van der Waals surface area contributed by atoms with E-state index in [0.29, 0.717) is 6.04 Å². The van der Waals surface area contributed by atoms with Gasteiger partial charge in [-0.3, -0.25) is 0 Å². The third-order valence-corrected chi connectivity index (χ3v) is 5.23. The molecule has 3 saturated heterocycles. The molecule has 3 aliphatic rings. The second-order valence-corrected chi connectivity index (χ2v) is 6.35. The summed E-state index contributed by atoms with van der Waals surface area (Å²) in [5.41, 5.74) is 0.927. The Morgan fingerprint density at radius 3 is 2.75 bits per heavy atom. The van der Waals surface area contributed by atoms with Gasteiger partial charge in [-0.15, -0.1) is 15.3 Å². The fourth-order valence-corrected chi connectivity index (χ4v) is 4.04. The highest BCUT2D eigenvalue weighted by molar-refractivity contribution is 7.18. The summed E-state index contributed by atoms with van der Waals surface area (Å²) in [5.74, 6) is 0. The van der Waals surface area contributed by atoms with Gasteiger partial charge in [-0.2, -0.15) is 0 Å². The van der Waals surface area contributed by atoms with Crippen LogP contribution in [-0.2, 0) is 7.05 Å². The lowest BCUT2D eigenvalue weighted by atomic mass is 10.1. The Kier molecular flexibility index (Phi) is 2.92. The van der Waals surface area contributed by atoms with Gasteiger partial charge in [0.1, 0.15) is 5.69 Å². The fraction of sp³-hybridized carbons (Fsp3) is 0.667. The molecular weight excluding hydrogens is 274 g/mol. The SMILES string of the molecule is Cn1nncc1-c1nnc(N2CCN3CCC2CC3)s1. The van der Waals surface area contributed by atoms with Gasteiger partial charge < -0.3 is 9.80 Å². The Balaban J connectivity index is 1.63. The van der Waals surface area contributed by atoms with E-state index in [1.165, 1.54) is 25.9 Å². The molecule has 2 bridgehead atoms. The summed E-state index contributed by atoms with van der Waals surface area (Å²) in [6.07, 6.45) is 4.22. The van der Waals surface area contributed by atoms with E-state index in [-0.39, 0.29) is 0 Å². The van der Waals surface area contributed by atoms with Crippen molar-refractivity contribution in [3.05, 3.63) is 6.20 Å². The Bertz CT molecular complexity index is 598. The first-order valence-corrected chi connectivity index (χ1v) is 7.80. The highest BCUT2D eigenvalue weighted by Gasteiger charge is 2.31. The quantitative estimate of drug-likeness (QED) is 0.808. The molecule has 0 unspecified atom stereocenters. The molecule has 2 aromatic heterocycles. The molecule has 0 spiro atoms. The number of rotatable bonds is 2. The summed E-state index contributed by atoms with van der Waals surface area (Å²) in [7, 11) is 1.88. The van der Waals surface area contributed by atoms with Crippen LogP contribution in [0.5, 0.6) is 0 Å². The molecule has 0 saturated carbocycles. The molecule has 0 radical (unpaired) electrons. The zero-order chi connectivity index (χ0) is 13.5. The molecule has 5 heterocycles. The topological polar surface area (TPSA) is 63.0 Å². The van der Waals surface area contributed by atoms with Crippen LogP contribution in [-0.4, -0.2) is 62.3 Å². The Hall–Kier alpha value is -1.54. The van der Waals surface area contributed by atoms with Crippen LogP contribution in [0.25, 0.3) is 10.7 Å². The summed E-state index contributed by atoms with van der Waals surface area (Å²) < 4.78 is 1.74. The van der Waals surface area contributed by atoms with Gasteiger partial charge in [0.2, 0.25) is 5.13 Å². The van der Waals surface area contributed by atoms with Crippen LogP contribution >= 0.6 is 11.3 Å². The number of anilines is 1. The van der Waals surface area contributed by atoms with Crippen molar-refractivity contribution in [1.29, 1.82) is 0 Å². The van der Waals surface area contributed by atoms with Crippen molar-refractivity contribution >= 4 is 16.5 Å². The molecule has 20 heavy (non-hydrogen) atoms. The van der Waals surface area contributed by atoms with Crippen LogP contribution in [0.1, 0.15) is 12.8 Å². The average Bonchev–Trinajstić information content (AvgIpc) is 3.00. The van der Waals surface area contributed by atoms with Crippen LogP contribution in [0, 0.1) is 0 Å². The fourth-order valence-electron chi connectivity index (χ4n) is 3.06. The summed E-state index contributed by atoms with van der Waals surface area (Å²) in [6.45, 7) is 4.64. The minimum Gasteiger partial charge on any atom is -0.342 e. The van der Waals surface area contributed by atoms with Gasteiger partial charge >= 0.3 is 0 Å². The highest BCUT2D eigenvalue weighted by atomic mass is 32.1. The number of fused-ring (bicyclic) bond motifs is 4. The van der Waals surface area contributed by atoms with E-state index in [2.05, 4.69) is 30.3 Å². The van der Waals surface area contributed by atoms with E-state index >= 15 is 0 Å². The number of aryl methyl sites for hydroxylation is 1. The van der Waals surface area contributed by atoms with Crippen molar-refractivity contribution in [3.63, 3.8) is 0 Å². The maximum Gasteiger partial charge on any atom is 0.208 e. The van der Waals surface area contributed by atoms with Gasteiger partial charge in [-0.1, -0.05) is 16.6 Å². The Labute approximate surface area is 121 Å². The van der Waals surface area contributed by atoms with E-state index < -0.39 is 0 Å². The molecule has 5 rings (SSSR count). The first-order valence-electron chi connectivity index (χ1n) is 6.99. The Morgan fingerprint density at radius 2 is 2.00 bits per heavy atom. The van der Waals surface area contributed by atoms with Crippen molar-refractivity contribution in [3.8, 4) is 10.7 Å². The molecule has 8 heteroatoms. The second-order valence-electron chi connectivity index (χ2n) is 5.40. The molecule has 0 N–H and O–H groups in total. The third-order valence-electron chi connectivity index (χ3n) is 4.25. The maximum atomic E-state index is 4.40. The second kappa shape index (κ2) is 4.78. The number of hydrogen-bond acceptors (Lipinski definition) is 7. The normalized spacial score (nSPS) is 25.9. The average molecular weight is 291 g/mol. The van der Waals surface area contributed by atoms with Crippen LogP contribution < -0.4 is 4.90 Å². The number of piperidine rings is 1. The number of aromatic nitrogens is 5. The minimum absolute atomic E-state index is 0.624. The monoisotopic (exact) mass is 291 g/mol. The van der Waals surface area contributed by atoms with E-state index in [1.54, 1.807) is 22.2 Å². The molecule has 3 fully saturated rings. The lowest BCUT2D eigenvalue weighted by Crippen LogP contribution is -2.37. The lowest BCUT2D eigenvalue weighted by molar-refractivity contribution is 0.250. The molecule has 7 nitrogen and oxygen atoms in total. The summed E-state index contributed by atoms with van der Waals surface area (Å²) in [6, 6.07) is 0.624. The summed E-state index contributed by atoms with van der Waals surface area (Å²) in [5, 5.41) is 18.5. The van der Waals surface area contributed by atoms with Crippen molar-refractivity contribution < 1.29 is 0 Å². The molecule has 0 amide bonds. The highest BCUT2D eigenvalue weighted by Crippen LogP contribution is 2.32. The predicted molar refractivity (Wildman–Crippen MR) is 76.7 cm³/mol. The third kappa shape index (κ3) is 1.99. The van der Waals surface area contributed by atoms with E-state index in [9.17, 15) is 0 Å². The molecule has 0 aliphatic carbocycles. The van der Waals surface area contributed by atoms with Gasteiger partial charge in [0.15, 0.2) is 5.01 Å². The van der Waals surface area contributed by atoms with Gasteiger partial charge in [0, 0.05) is 39.3 Å². The van der Waals surface area contributed by atoms with Crippen LogP contribution in [0.3, 0.4) is 0 Å².